The van der Waals surface area contributed by atoms with Crippen LogP contribution in [0.5, 0.6) is 0 Å². The molecule has 0 bridgehead atoms. The van der Waals surface area contributed by atoms with Crippen LogP contribution in [0.3, 0.4) is 0 Å². The average Bonchev–Trinajstić information content (AvgIpc) is 3.69. The van der Waals surface area contributed by atoms with Crippen molar-refractivity contribution in [3.63, 3.8) is 0 Å². The van der Waals surface area contributed by atoms with E-state index in [2.05, 4.69) is 174 Å². The Morgan fingerprint density at radius 1 is 0.479 bits per heavy atom. The van der Waals surface area contributed by atoms with E-state index in [1.807, 2.05) is 0 Å². The first-order chi connectivity index (χ1) is 23.3. The van der Waals surface area contributed by atoms with Gasteiger partial charge in [0, 0.05) is 9.52 Å². The summed E-state index contributed by atoms with van der Waals surface area (Å²) < 4.78 is 0. The number of hydrogen-bond donors (Lipinski definition) is 0. The fourth-order valence-electron chi connectivity index (χ4n) is 6.40. The third-order valence-electron chi connectivity index (χ3n) is 8.62. The summed E-state index contributed by atoms with van der Waals surface area (Å²) >= 11 is -0.826. The van der Waals surface area contributed by atoms with Gasteiger partial charge in [-0.2, -0.15) is 12.1 Å². The average molecular weight is 759 g/mol. The van der Waals surface area contributed by atoms with Crippen molar-refractivity contribution in [1.29, 1.82) is 0 Å². The van der Waals surface area contributed by atoms with Crippen molar-refractivity contribution < 1.29 is 20.8 Å². The molecular formula is C44H40Cl2SiZr. The van der Waals surface area contributed by atoms with E-state index in [4.69, 9.17) is 17.0 Å². The molecule has 8 aromatic carbocycles. The molecule has 4 heteroatoms. The van der Waals surface area contributed by atoms with Crippen molar-refractivity contribution in [2.45, 2.75) is 40.8 Å². The molecule has 0 aliphatic heterocycles. The Hall–Kier alpha value is -3.26. The van der Waals surface area contributed by atoms with Crippen LogP contribution in [0.25, 0.3) is 65.3 Å². The van der Waals surface area contributed by atoms with Crippen LogP contribution in [0.2, 0.25) is 13.1 Å². The molecular weight excluding hydrogens is 719 g/mol. The Morgan fingerprint density at radius 3 is 1.21 bits per heavy atom. The molecule has 0 amide bonds. The third kappa shape index (κ3) is 8.30. The van der Waals surface area contributed by atoms with Gasteiger partial charge in [-0.15, -0.1) is 68.1 Å². The van der Waals surface area contributed by atoms with E-state index in [-0.39, 0.29) is 0 Å². The Bertz CT molecular complexity index is 2130. The number of halogens is 2. The molecule has 0 fully saturated rings. The van der Waals surface area contributed by atoms with Crippen LogP contribution in [-0.2, 0) is 20.8 Å². The van der Waals surface area contributed by atoms with Crippen LogP contribution in [0.15, 0.2) is 133 Å². The van der Waals surface area contributed by atoms with E-state index >= 15 is 0 Å². The van der Waals surface area contributed by atoms with Crippen LogP contribution in [0.4, 0.5) is 0 Å². The molecule has 0 saturated heterocycles. The molecule has 238 valence electrons. The molecule has 8 aromatic rings. The van der Waals surface area contributed by atoms with Crippen LogP contribution in [0.1, 0.15) is 22.3 Å². The van der Waals surface area contributed by atoms with Crippen LogP contribution in [0, 0.1) is 27.7 Å². The molecule has 0 aliphatic rings. The van der Waals surface area contributed by atoms with Crippen molar-refractivity contribution in [3.8, 4) is 22.3 Å². The zero-order valence-corrected chi connectivity index (χ0v) is 33.4. The van der Waals surface area contributed by atoms with E-state index in [1.54, 1.807) is 0 Å². The number of hydrogen-bond acceptors (Lipinski definition) is 0. The maximum absolute atomic E-state index is 4.93. The number of fused-ring (bicyclic) bond motifs is 4. The van der Waals surface area contributed by atoms with Crippen LogP contribution in [-0.4, -0.2) is 9.52 Å². The molecule has 48 heavy (non-hydrogen) atoms. The fourth-order valence-corrected chi connectivity index (χ4v) is 6.40. The summed E-state index contributed by atoms with van der Waals surface area (Å²) in [4.78, 5) is 0. The normalized spacial score (nSPS) is 10.5. The fraction of sp³-hybridized carbons (Fsp3) is 0.136. The SMILES string of the molecule is C[Si]C.Cc1cc2c(-c3ccc4ccccc4c3)ccc(C)c2[cH-]1.Cc1cc2c(-c3ccc4ccccc4c3)ccc(C)c2[cH-]1.[Cl][Zr+2][Cl]. The van der Waals surface area contributed by atoms with Gasteiger partial charge >= 0.3 is 37.9 Å². The number of rotatable bonds is 2. The summed E-state index contributed by atoms with van der Waals surface area (Å²) in [5.74, 6) is 0. The van der Waals surface area contributed by atoms with Gasteiger partial charge in [-0.1, -0.05) is 137 Å². The standard InChI is InChI=1S/2C21H17.C2H6Si.2ClH.Zr/c2*1-14-11-20-15(2)7-10-19(21(20)12-14)18-9-8-16-5-3-4-6-17(16)13-18;1-3-2;;;/h2*3-13H,1-2H3;1-2H3;2*1H;/q2*-1;;;;+4/p-2. The Labute approximate surface area is 306 Å². The minimum atomic E-state index is -0.826. The second kappa shape index (κ2) is 16.9. The van der Waals surface area contributed by atoms with Gasteiger partial charge in [-0.25, -0.2) is 0 Å². The molecule has 8 rings (SSSR count). The Kier molecular flexibility index (Phi) is 12.7. The third-order valence-corrected chi connectivity index (χ3v) is 8.62. The Morgan fingerprint density at radius 2 is 0.833 bits per heavy atom. The van der Waals surface area contributed by atoms with Gasteiger partial charge in [0.2, 0.25) is 0 Å². The van der Waals surface area contributed by atoms with E-state index in [9.17, 15) is 0 Å². The Balaban J connectivity index is 0.000000162. The predicted octanol–water partition coefficient (Wildman–Crippen LogP) is 14.2. The minimum absolute atomic E-state index is 0.826. The second-order valence-corrected chi connectivity index (χ2v) is 17.0. The molecule has 0 heterocycles. The molecule has 0 spiro atoms. The molecule has 0 aromatic heterocycles. The summed E-state index contributed by atoms with van der Waals surface area (Å²) in [5, 5.41) is 10.7. The first-order valence-corrected chi connectivity index (χ1v) is 24.5. The maximum atomic E-state index is 4.93. The first kappa shape index (κ1) is 36.0. The molecule has 0 atom stereocenters. The van der Waals surface area contributed by atoms with Crippen LogP contribution >= 0.6 is 17.0 Å². The van der Waals surface area contributed by atoms with E-state index in [0.29, 0.717) is 0 Å². The predicted molar refractivity (Wildman–Crippen MR) is 213 cm³/mol. The second-order valence-electron chi connectivity index (χ2n) is 12.3. The van der Waals surface area contributed by atoms with E-state index in [0.717, 1.165) is 9.52 Å². The molecule has 0 unspecified atom stereocenters. The van der Waals surface area contributed by atoms with Gasteiger partial charge in [0.15, 0.2) is 0 Å². The zero-order valence-electron chi connectivity index (χ0n) is 28.5. The van der Waals surface area contributed by atoms with Crippen molar-refractivity contribution in [2.24, 2.45) is 0 Å². The quantitative estimate of drug-likeness (QED) is 0.122. The monoisotopic (exact) mass is 756 g/mol. The number of aryl methyl sites for hydroxylation is 4. The zero-order chi connectivity index (χ0) is 34.2. The van der Waals surface area contributed by atoms with Gasteiger partial charge in [-0.3, -0.25) is 0 Å². The topological polar surface area (TPSA) is 0 Å². The van der Waals surface area contributed by atoms with Crippen molar-refractivity contribution >= 4 is 69.6 Å². The van der Waals surface area contributed by atoms with Crippen molar-refractivity contribution in [3.05, 3.63) is 156 Å². The van der Waals surface area contributed by atoms with Crippen molar-refractivity contribution in [2.75, 3.05) is 0 Å². The summed E-state index contributed by atoms with van der Waals surface area (Å²) in [6, 6.07) is 48.7. The molecule has 0 nitrogen and oxygen atoms in total. The molecule has 2 radical (unpaired) electrons. The van der Waals surface area contributed by atoms with Crippen molar-refractivity contribution in [1.82, 2.24) is 0 Å². The molecule has 0 aliphatic carbocycles. The van der Waals surface area contributed by atoms with E-state index in [1.165, 1.54) is 87.6 Å². The van der Waals surface area contributed by atoms with Crippen LogP contribution < -0.4 is 0 Å². The van der Waals surface area contributed by atoms with Gasteiger partial charge < -0.3 is 0 Å². The van der Waals surface area contributed by atoms with Gasteiger partial charge in [0.1, 0.15) is 0 Å². The molecule has 0 saturated carbocycles. The summed E-state index contributed by atoms with van der Waals surface area (Å²) in [5.41, 5.74) is 10.6. The van der Waals surface area contributed by atoms with Gasteiger partial charge in [0.05, 0.1) is 0 Å². The summed E-state index contributed by atoms with van der Waals surface area (Å²) in [6.07, 6.45) is 0. The summed E-state index contributed by atoms with van der Waals surface area (Å²) in [6.45, 7) is 13.0. The number of benzene rings is 6. The van der Waals surface area contributed by atoms with Gasteiger partial charge in [0.25, 0.3) is 0 Å². The summed E-state index contributed by atoms with van der Waals surface area (Å²) in [7, 11) is 11.0. The van der Waals surface area contributed by atoms with Gasteiger partial charge in [-0.05, 0) is 44.8 Å². The molecule has 0 N–H and O–H groups in total. The van der Waals surface area contributed by atoms with E-state index < -0.39 is 20.8 Å². The first-order valence-electron chi connectivity index (χ1n) is 16.1.